The van der Waals surface area contributed by atoms with Gasteiger partial charge >= 0.3 is 0 Å². The second-order valence-electron chi connectivity index (χ2n) is 5.61. The fourth-order valence-corrected chi connectivity index (χ4v) is 2.80. The molecule has 22 heavy (non-hydrogen) atoms. The summed E-state index contributed by atoms with van der Waals surface area (Å²) in [5, 5.41) is 2.93. The van der Waals surface area contributed by atoms with Gasteiger partial charge in [-0.25, -0.2) is 0 Å². The first-order valence-corrected chi connectivity index (χ1v) is 7.62. The van der Waals surface area contributed by atoms with E-state index in [1.165, 1.54) is 0 Å². The molecule has 2 rings (SSSR count). The minimum atomic E-state index is -0.394. The maximum Gasteiger partial charge on any atom is 0.227 e. The highest BCUT2D eigenvalue weighted by Crippen LogP contribution is 2.32. The van der Waals surface area contributed by atoms with Crippen molar-refractivity contribution in [1.29, 1.82) is 0 Å². The summed E-state index contributed by atoms with van der Waals surface area (Å²) in [6.07, 6.45) is 3.18. The van der Waals surface area contributed by atoms with Crippen LogP contribution in [0.5, 0.6) is 5.75 Å². The Labute approximate surface area is 130 Å². The monoisotopic (exact) mass is 305 g/mol. The second-order valence-corrected chi connectivity index (χ2v) is 5.61. The van der Waals surface area contributed by atoms with Crippen LogP contribution in [-0.4, -0.2) is 25.0 Å². The summed E-state index contributed by atoms with van der Waals surface area (Å²) in [6.45, 7) is 0.812. The Morgan fingerprint density at radius 2 is 1.95 bits per heavy atom. The van der Waals surface area contributed by atoms with Gasteiger partial charge in [0.15, 0.2) is 0 Å². The topological polar surface area (TPSA) is 107 Å². The molecule has 0 radical (unpaired) electrons. The van der Waals surface area contributed by atoms with Gasteiger partial charge in [-0.1, -0.05) is 6.42 Å². The van der Waals surface area contributed by atoms with E-state index in [0.717, 1.165) is 24.9 Å². The van der Waals surface area contributed by atoms with Crippen molar-refractivity contribution < 1.29 is 14.3 Å². The Balaban J connectivity index is 1.85. The maximum absolute atomic E-state index is 12.3. The number of benzene rings is 1. The molecule has 0 saturated heterocycles. The summed E-state index contributed by atoms with van der Waals surface area (Å²) in [5.41, 5.74) is 11.5. The van der Waals surface area contributed by atoms with E-state index in [0.29, 0.717) is 12.3 Å². The van der Waals surface area contributed by atoms with Crippen molar-refractivity contribution in [2.45, 2.75) is 25.7 Å². The fourth-order valence-electron chi connectivity index (χ4n) is 2.80. The molecule has 1 aliphatic carbocycles. The zero-order chi connectivity index (χ0) is 15.9. The molecule has 0 bridgehead atoms. The molecule has 5 N–H and O–H groups in total. The molecule has 0 spiro atoms. The lowest BCUT2D eigenvalue weighted by molar-refractivity contribution is -0.121. The van der Waals surface area contributed by atoms with Crippen molar-refractivity contribution in [3.05, 3.63) is 24.3 Å². The molecule has 0 unspecified atom stereocenters. The minimum Gasteiger partial charge on any atom is -0.493 e. The van der Waals surface area contributed by atoms with Gasteiger partial charge in [0, 0.05) is 11.6 Å². The molecule has 120 valence electrons. The van der Waals surface area contributed by atoms with Crippen molar-refractivity contribution in [3.63, 3.8) is 0 Å². The Morgan fingerprint density at radius 1 is 1.23 bits per heavy atom. The van der Waals surface area contributed by atoms with Crippen LogP contribution in [0.25, 0.3) is 0 Å². The van der Waals surface area contributed by atoms with Gasteiger partial charge in [-0.05, 0) is 49.6 Å². The van der Waals surface area contributed by atoms with Crippen molar-refractivity contribution in [3.8, 4) is 5.75 Å². The Morgan fingerprint density at radius 3 is 2.59 bits per heavy atom. The molecule has 1 aromatic carbocycles. The molecule has 1 aromatic rings. The highest BCUT2D eigenvalue weighted by Gasteiger charge is 2.31. The summed E-state index contributed by atoms with van der Waals surface area (Å²) >= 11 is 0. The normalized spacial score (nSPS) is 20.6. The quantitative estimate of drug-likeness (QED) is 0.704. The highest BCUT2D eigenvalue weighted by atomic mass is 16.5. The number of ether oxygens (including phenoxy) is 1. The summed E-state index contributed by atoms with van der Waals surface area (Å²) < 4.78 is 5.38. The predicted octanol–water partition coefficient (Wildman–Crippen LogP) is 1.25. The van der Waals surface area contributed by atoms with Gasteiger partial charge in [-0.15, -0.1) is 0 Å². The number of hydrogen-bond acceptors (Lipinski definition) is 4. The van der Waals surface area contributed by atoms with Crippen LogP contribution in [0, 0.1) is 11.8 Å². The van der Waals surface area contributed by atoms with Crippen LogP contribution in [0.2, 0.25) is 0 Å². The van der Waals surface area contributed by atoms with E-state index in [1.807, 2.05) is 0 Å². The van der Waals surface area contributed by atoms with Crippen molar-refractivity contribution in [1.82, 2.24) is 0 Å². The summed E-state index contributed by atoms with van der Waals surface area (Å²) in [7, 11) is 0. The van der Waals surface area contributed by atoms with Crippen LogP contribution < -0.4 is 21.5 Å². The number of amides is 2. The molecule has 6 nitrogen and oxygen atoms in total. The SMILES string of the molecule is NC[C@H]1CCC[C@H]1C(=O)Nc1ccc(OCCC(N)=O)cc1. The van der Waals surface area contributed by atoms with Crippen LogP contribution in [0.1, 0.15) is 25.7 Å². The van der Waals surface area contributed by atoms with Crippen molar-refractivity contribution in [2.75, 3.05) is 18.5 Å². The minimum absolute atomic E-state index is 0.0106. The lowest BCUT2D eigenvalue weighted by Crippen LogP contribution is -2.29. The van der Waals surface area contributed by atoms with Gasteiger partial charge in [-0.2, -0.15) is 0 Å². The van der Waals surface area contributed by atoms with Gasteiger partial charge in [-0.3, -0.25) is 9.59 Å². The van der Waals surface area contributed by atoms with Crippen molar-refractivity contribution >= 4 is 17.5 Å². The Hall–Kier alpha value is -2.08. The summed E-state index contributed by atoms with van der Waals surface area (Å²) in [6, 6.07) is 7.07. The fraction of sp³-hybridized carbons (Fsp3) is 0.500. The third kappa shape index (κ3) is 4.46. The molecule has 2 atom stereocenters. The maximum atomic E-state index is 12.3. The van der Waals surface area contributed by atoms with E-state index in [9.17, 15) is 9.59 Å². The molecule has 0 aliphatic heterocycles. The first-order valence-electron chi connectivity index (χ1n) is 7.62. The largest absolute Gasteiger partial charge is 0.493 e. The number of nitrogens with one attached hydrogen (secondary N) is 1. The summed E-state index contributed by atoms with van der Waals surface area (Å²) in [5.74, 6) is 0.582. The van der Waals surface area contributed by atoms with Gasteiger partial charge in [0.2, 0.25) is 11.8 Å². The molecule has 0 aromatic heterocycles. The molecule has 1 saturated carbocycles. The van der Waals surface area contributed by atoms with E-state index in [4.69, 9.17) is 16.2 Å². The van der Waals surface area contributed by atoms with E-state index < -0.39 is 5.91 Å². The molecule has 2 amide bonds. The number of anilines is 1. The predicted molar refractivity (Wildman–Crippen MR) is 84.3 cm³/mol. The number of primary amides is 1. The van der Waals surface area contributed by atoms with Crippen LogP contribution >= 0.6 is 0 Å². The smallest absolute Gasteiger partial charge is 0.227 e. The number of nitrogens with two attached hydrogens (primary N) is 2. The third-order valence-corrected chi connectivity index (χ3v) is 4.04. The average Bonchev–Trinajstić information content (AvgIpc) is 2.97. The zero-order valence-corrected chi connectivity index (χ0v) is 12.6. The first-order chi connectivity index (χ1) is 10.6. The second kappa shape index (κ2) is 7.79. The number of carbonyl (C=O) groups is 2. The number of hydrogen-bond donors (Lipinski definition) is 3. The van der Waals surface area contributed by atoms with Gasteiger partial charge in [0.25, 0.3) is 0 Å². The molecule has 0 heterocycles. The highest BCUT2D eigenvalue weighted by molar-refractivity contribution is 5.93. The zero-order valence-electron chi connectivity index (χ0n) is 12.6. The van der Waals surface area contributed by atoms with E-state index in [1.54, 1.807) is 24.3 Å². The van der Waals surface area contributed by atoms with Crippen LogP contribution in [0.4, 0.5) is 5.69 Å². The van der Waals surface area contributed by atoms with Crippen LogP contribution in [0.3, 0.4) is 0 Å². The average molecular weight is 305 g/mol. The van der Waals surface area contributed by atoms with E-state index in [2.05, 4.69) is 5.32 Å². The number of rotatable bonds is 7. The Kier molecular flexibility index (Phi) is 5.77. The van der Waals surface area contributed by atoms with Crippen LogP contribution in [-0.2, 0) is 9.59 Å². The lowest BCUT2D eigenvalue weighted by atomic mass is 9.95. The van der Waals surface area contributed by atoms with Gasteiger partial charge < -0.3 is 21.5 Å². The standard InChI is InChI=1S/C16H23N3O3/c17-10-11-2-1-3-14(11)16(21)19-12-4-6-13(7-5-12)22-9-8-15(18)20/h4-7,11,14H,1-3,8-10,17H2,(H2,18,20)(H,19,21)/t11-,14-/m1/s1. The molecule has 1 aliphatic rings. The lowest BCUT2D eigenvalue weighted by Gasteiger charge is -2.17. The Bertz CT molecular complexity index is 516. The van der Waals surface area contributed by atoms with Crippen LogP contribution in [0.15, 0.2) is 24.3 Å². The molecule has 6 heteroatoms. The van der Waals surface area contributed by atoms with E-state index in [-0.39, 0.29) is 30.8 Å². The van der Waals surface area contributed by atoms with Gasteiger partial charge in [0.1, 0.15) is 5.75 Å². The third-order valence-electron chi connectivity index (χ3n) is 4.04. The molecule has 1 fully saturated rings. The molecular formula is C16H23N3O3. The van der Waals surface area contributed by atoms with Gasteiger partial charge in [0.05, 0.1) is 13.0 Å². The molecular weight excluding hydrogens is 282 g/mol. The first kappa shape index (κ1) is 16.3. The summed E-state index contributed by atoms with van der Waals surface area (Å²) in [4.78, 5) is 22.9. The number of carbonyl (C=O) groups excluding carboxylic acids is 2. The van der Waals surface area contributed by atoms with Crippen molar-refractivity contribution in [2.24, 2.45) is 23.3 Å². The van der Waals surface area contributed by atoms with E-state index >= 15 is 0 Å².